The molecule has 3 aromatic carbocycles. The highest BCUT2D eigenvalue weighted by atomic mass is 16.5. The lowest BCUT2D eigenvalue weighted by Crippen LogP contribution is -2.57. The molecule has 1 atom stereocenters. The largest absolute Gasteiger partial charge is 0.497 e. The zero-order valence-corrected chi connectivity index (χ0v) is 27.7. The second-order valence-electron chi connectivity index (χ2n) is 12.2. The zero-order chi connectivity index (χ0) is 33.8. The van der Waals surface area contributed by atoms with Crippen LogP contribution in [-0.2, 0) is 22.6 Å². The zero-order valence-electron chi connectivity index (χ0n) is 27.7. The van der Waals surface area contributed by atoms with E-state index >= 15 is 0 Å². The first kappa shape index (κ1) is 32.4. The molecule has 48 heavy (non-hydrogen) atoms. The summed E-state index contributed by atoms with van der Waals surface area (Å²) in [6.45, 7) is 4.95. The van der Waals surface area contributed by atoms with Crippen molar-refractivity contribution in [1.82, 2.24) is 24.9 Å². The van der Waals surface area contributed by atoms with Crippen LogP contribution in [0, 0.1) is 11.3 Å². The summed E-state index contributed by atoms with van der Waals surface area (Å²) >= 11 is 0. The molecule has 6 rings (SSSR count). The van der Waals surface area contributed by atoms with Crippen molar-refractivity contribution in [3.8, 4) is 17.6 Å². The third-order valence-corrected chi connectivity index (χ3v) is 9.11. The molecule has 2 aromatic heterocycles. The molecule has 0 saturated carbocycles. The van der Waals surface area contributed by atoms with Crippen LogP contribution < -0.4 is 9.47 Å². The third-order valence-electron chi connectivity index (χ3n) is 9.11. The van der Waals surface area contributed by atoms with E-state index in [2.05, 4.69) is 33.2 Å². The fourth-order valence-electron chi connectivity index (χ4n) is 6.76. The van der Waals surface area contributed by atoms with Crippen LogP contribution in [0.3, 0.4) is 0 Å². The molecular weight excluding hydrogens is 604 g/mol. The Morgan fingerprint density at radius 2 is 1.67 bits per heavy atom. The van der Waals surface area contributed by atoms with E-state index in [1.807, 2.05) is 65.9 Å². The van der Waals surface area contributed by atoms with Crippen molar-refractivity contribution in [2.24, 2.45) is 0 Å². The molecule has 2 N–H and O–H groups in total. The normalized spacial score (nSPS) is 13.9. The Hall–Kier alpha value is -5.53. The first-order valence-electron chi connectivity index (χ1n) is 16.1. The molecule has 10 heteroatoms. The minimum atomic E-state index is -0.348. The van der Waals surface area contributed by atoms with Gasteiger partial charge in [-0.15, -0.1) is 0 Å². The van der Waals surface area contributed by atoms with Gasteiger partial charge in [-0.05, 0) is 65.9 Å². The summed E-state index contributed by atoms with van der Waals surface area (Å²) in [7, 11) is 3.20. The highest BCUT2D eigenvalue weighted by molar-refractivity contribution is 5.93. The van der Waals surface area contributed by atoms with Gasteiger partial charge in [0.15, 0.2) is 0 Å². The van der Waals surface area contributed by atoms with E-state index in [0.29, 0.717) is 56.1 Å². The molecule has 0 unspecified atom stereocenters. The Balaban J connectivity index is 1.32. The van der Waals surface area contributed by atoms with E-state index in [-0.39, 0.29) is 17.9 Å². The van der Waals surface area contributed by atoms with Gasteiger partial charge in [0.2, 0.25) is 11.8 Å². The number of nitrogens with zero attached hydrogens (tertiary/aromatic N) is 4. The quantitative estimate of drug-likeness (QED) is 0.181. The van der Waals surface area contributed by atoms with E-state index in [0.717, 1.165) is 38.5 Å². The maximum atomic E-state index is 13.6. The number of nitrogens with one attached hydrogen (secondary N) is 2. The van der Waals surface area contributed by atoms with Crippen molar-refractivity contribution in [3.63, 3.8) is 0 Å². The lowest BCUT2D eigenvalue weighted by atomic mass is 9.98. The molecule has 0 aliphatic carbocycles. The third kappa shape index (κ3) is 6.77. The number of H-pyrrole nitrogens is 2. The molecule has 0 bridgehead atoms. The van der Waals surface area contributed by atoms with E-state index in [9.17, 15) is 14.9 Å². The summed E-state index contributed by atoms with van der Waals surface area (Å²) < 4.78 is 11.0. The molecule has 0 spiro atoms. The standard InChI is InChI=1S/C38H40N6O4/c1-25(45)42(23-28-15-32(47-3)19-33(16-28)48-4)24-31(18-30-21-40-37-8-6-5-7-34(30)37)44(26(2)46)43-13-11-29(12-14-43)36-22-41-38-10-9-27(20-39)17-35(36)38/h5-11,15-17,19,21-22,31,40-41H,12-14,18,23-24H2,1-4H3/t31-/m1/s1. The summed E-state index contributed by atoms with van der Waals surface area (Å²) in [5, 5.41) is 15.5. The van der Waals surface area contributed by atoms with Crippen LogP contribution >= 0.6 is 0 Å². The Morgan fingerprint density at radius 3 is 2.33 bits per heavy atom. The Bertz CT molecular complexity index is 2010. The average Bonchev–Trinajstić information content (AvgIpc) is 3.71. The SMILES string of the molecule is COc1cc(CN(C[C@@H](Cc2c[nH]c3ccccc23)N(C(C)=O)N2CC=C(c3c[nH]c4ccc(C#N)cc34)CC2)C(C)=O)cc(OC)c1. The summed E-state index contributed by atoms with van der Waals surface area (Å²) in [6.07, 6.45) is 7.42. The molecule has 3 heterocycles. The number of benzene rings is 3. The Labute approximate surface area is 280 Å². The van der Waals surface area contributed by atoms with Crippen molar-refractivity contribution in [3.05, 3.63) is 101 Å². The first-order valence-corrected chi connectivity index (χ1v) is 16.1. The summed E-state index contributed by atoms with van der Waals surface area (Å²) in [4.78, 5) is 35.3. The molecule has 1 aliphatic heterocycles. The van der Waals surface area contributed by atoms with Gasteiger partial charge in [0.05, 0.1) is 31.9 Å². The van der Waals surface area contributed by atoms with Gasteiger partial charge < -0.3 is 24.3 Å². The number of hydrogen-bond donors (Lipinski definition) is 2. The van der Waals surface area contributed by atoms with Gasteiger partial charge in [0.25, 0.3) is 0 Å². The number of aromatic nitrogens is 2. The molecule has 1 aliphatic rings. The lowest BCUT2D eigenvalue weighted by Gasteiger charge is -2.43. The van der Waals surface area contributed by atoms with Gasteiger partial charge in [-0.2, -0.15) is 5.26 Å². The van der Waals surface area contributed by atoms with Crippen LogP contribution in [0.2, 0.25) is 0 Å². The predicted octanol–water partition coefficient (Wildman–Crippen LogP) is 6.05. The van der Waals surface area contributed by atoms with Gasteiger partial charge >= 0.3 is 0 Å². The van der Waals surface area contributed by atoms with E-state index in [1.54, 1.807) is 39.0 Å². The monoisotopic (exact) mass is 644 g/mol. The maximum Gasteiger partial charge on any atom is 0.234 e. The van der Waals surface area contributed by atoms with Crippen molar-refractivity contribution in [1.29, 1.82) is 5.26 Å². The maximum absolute atomic E-state index is 13.6. The van der Waals surface area contributed by atoms with Crippen LogP contribution in [0.1, 0.15) is 42.5 Å². The van der Waals surface area contributed by atoms with Crippen molar-refractivity contribution in [2.45, 2.75) is 39.3 Å². The van der Waals surface area contributed by atoms with Crippen molar-refractivity contribution >= 4 is 39.2 Å². The number of para-hydroxylation sites is 1. The number of amides is 2. The van der Waals surface area contributed by atoms with Crippen LogP contribution in [0.4, 0.5) is 0 Å². The van der Waals surface area contributed by atoms with E-state index in [1.165, 1.54) is 5.57 Å². The average molecular weight is 645 g/mol. The summed E-state index contributed by atoms with van der Waals surface area (Å²) in [5.74, 6) is 1.10. The predicted molar refractivity (Wildman–Crippen MR) is 186 cm³/mol. The fourth-order valence-corrected chi connectivity index (χ4v) is 6.76. The molecule has 5 aromatic rings. The van der Waals surface area contributed by atoms with Crippen LogP contribution in [0.25, 0.3) is 27.4 Å². The number of rotatable bonds is 11. The second kappa shape index (κ2) is 14.1. The van der Waals surface area contributed by atoms with E-state index in [4.69, 9.17) is 9.47 Å². The Kier molecular flexibility index (Phi) is 9.50. The van der Waals surface area contributed by atoms with Crippen molar-refractivity contribution in [2.75, 3.05) is 33.9 Å². The fraction of sp³-hybridized carbons (Fsp3) is 0.289. The van der Waals surface area contributed by atoms with Crippen LogP contribution in [0.5, 0.6) is 11.5 Å². The molecule has 0 radical (unpaired) electrons. The van der Waals surface area contributed by atoms with E-state index < -0.39 is 0 Å². The summed E-state index contributed by atoms with van der Waals surface area (Å²) in [5.41, 5.74) is 6.81. The molecule has 0 saturated heterocycles. The number of aromatic amines is 2. The van der Waals surface area contributed by atoms with Crippen LogP contribution in [0.15, 0.2) is 79.1 Å². The number of nitriles is 1. The van der Waals surface area contributed by atoms with Crippen LogP contribution in [-0.4, -0.2) is 76.6 Å². The molecule has 246 valence electrons. The second-order valence-corrected chi connectivity index (χ2v) is 12.2. The van der Waals surface area contributed by atoms with Gasteiger partial charge in [-0.3, -0.25) is 14.6 Å². The van der Waals surface area contributed by atoms with Gasteiger partial charge in [-0.25, -0.2) is 5.01 Å². The minimum Gasteiger partial charge on any atom is -0.497 e. The summed E-state index contributed by atoms with van der Waals surface area (Å²) in [6, 6.07) is 21.3. The number of hydrazine groups is 1. The number of carbonyl (C=O) groups is 2. The Morgan fingerprint density at radius 1 is 0.938 bits per heavy atom. The highest BCUT2D eigenvalue weighted by Crippen LogP contribution is 2.32. The topological polar surface area (TPSA) is 118 Å². The number of methoxy groups -OCH3 is 2. The smallest absolute Gasteiger partial charge is 0.234 e. The molecular formula is C38H40N6O4. The lowest BCUT2D eigenvalue weighted by molar-refractivity contribution is -0.155. The number of ether oxygens (including phenoxy) is 2. The number of hydrogen-bond acceptors (Lipinski definition) is 6. The minimum absolute atomic E-state index is 0.0889. The van der Waals surface area contributed by atoms with Crippen molar-refractivity contribution < 1.29 is 19.1 Å². The van der Waals surface area contributed by atoms with Gasteiger partial charge in [-0.1, -0.05) is 24.3 Å². The molecule has 2 amide bonds. The number of carbonyl (C=O) groups excluding carboxylic acids is 2. The van der Waals surface area contributed by atoms with Gasteiger partial charge in [0.1, 0.15) is 11.5 Å². The molecule has 10 nitrogen and oxygen atoms in total. The van der Waals surface area contributed by atoms with Gasteiger partial charge in [0, 0.05) is 85.9 Å². The number of fused-ring (bicyclic) bond motifs is 2. The first-order chi connectivity index (χ1) is 23.3. The molecule has 0 fully saturated rings. The highest BCUT2D eigenvalue weighted by Gasteiger charge is 2.32.